The summed E-state index contributed by atoms with van der Waals surface area (Å²) < 4.78 is 5.57. The summed E-state index contributed by atoms with van der Waals surface area (Å²) in [6.07, 6.45) is 6.22. The number of thiazole rings is 1. The lowest BCUT2D eigenvalue weighted by molar-refractivity contribution is -0.671. The largest absolute Gasteiger partial charge is 0.243 e. The molecule has 0 amide bonds. The van der Waals surface area contributed by atoms with Crippen LogP contribution in [0.2, 0.25) is 0 Å². The maximum atomic E-state index is 4.58. The van der Waals surface area contributed by atoms with Crippen LogP contribution in [0, 0.1) is 6.92 Å². The van der Waals surface area contributed by atoms with Crippen LogP contribution in [0.1, 0.15) is 10.6 Å². The third-order valence-electron chi connectivity index (χ3n) is 2.49. The summed E-state index contributed by atoms with van der Waals surface area (Å²) >= 11 is 3.58. The van der Waals surface area contributed by atoms with Gasteiger partial charge in [0.05, 0.1) is 17.6 Å². The molecule has 0 aliphatic rings. The predicted octanol–water partition coefficient (Wildman–Crippen LogP) is 2.34. The molecule has 0 aliphatic carbocycles. The maximum Gasteiger partial charge on any atom is 0.243 e. The zero-order valence-electron chi connectivity index (χ0n) is 9.17. The molecule has 3 aromatic heterocycles. The summed E-state index contributed by atoms with van der Waals surface area (Å²) in [5, 5.41) is 3.37. The van der Waals surface area contributed by atoms with Crippen LogP contribution in [-0.2, 0) is 13.6 Å². The van der Waals surface area contributed by atoms with Gasteiger partial charge in [-0.25, -0.2) is 14.1 Å². The minimum atomic E-state index is 0.907. The van der Waals surface area contributed by atoms with Gasteiger partial charge in [0.2, 0.25) is 6.33 Å². The molecule has 5 heteroatoms. The summed E-state index contributed by atoms with van der Waals surface area (Å²) in [7, 11) is 2.03. The molecule has 3 nitrogen and oxygen atoms in total. The highest BCUT2D eigenvalue weighted by Crippen LogP contribution is 2.31. The molecule has 0 atom stereocenters. The van der Waals surface area contributed by atoms with Gasteiger partial charge in [0.1, 0.15) is 23.0 Å². The van der Waals surface area contributed by atoms with Crippen LogP contribution < -0.4 is 4.57 Å². The van der Waals surface area contributed by atoms with Crippen LogP contribution in [0.25, 0.3) is 9.53 Å². The Morgan fingerprint density at radius 2 is 2.38 bits per heavy atom. The SMILES string of the molecule is Cc1nc2c(Cn3cc[n+](C)c3)csc2s1. The van der Waals surface area contributed by atoms with Crippen molar-refractivity contribution >= 4 is 32.2 Å². The Kier molecular flexibility index (Phi) is 2.29. The quantitative estimate of drug-likeness (QED) is 0.640. The van der Waals surface area contributed by atoms with Gasteiger partial charge in [-0.3, -0.25) is 0 Å². The number of hydrogen-bond acceptors (Lipinski definition) is 3. The van der Waals surface area contributed by atoms with Gasteiger partial charge < -0.3 is 0 Å². The first-order valence-electron chi connectivity index (χ1n) is 5.07. The molecule has 0 bridgehead atoms. The lowest BCUT2D eigenvalue weighted by Gasteiger charge is -1.92. The van der Waals surface area contributed by atoms with Gasteiger partial charge in [0.25, 0.3) is 0 Å². The van der Waals surface area contributed by atoms with E-state index in [1.165, 1.54) is 15.1 Å². The Morgan fingerprint density at radius 3 is 3.12 bits per heavy atom. The zero-order valence-corrected chi connectivity index (χ0v) is 10.8. The van der Waals surface area contributed by atoms with Gasteiger partial charge in [0.15, 0.2) is 0 Å². The third kappa shape index (κ3) is 1.66. The number of rotatable bonds is 2. The first kappa shape index (κ1) is 9.99. The van der Waals surface area contributed by atoms with E-state index in [0.717, 1.165) is 11.6 Å². The highest BCUT2D eigenvalue weighted by atomic mass is 32.2. The molecule has 0 radical (unpaired) electrons. The van der Waals surface area contributed by atoms with E-state index >= 15 is 0 Å². The Balaban J connectivity index is 1.99. The van der Waals surface area contributed by atoms with Crippen LogP contribution in [0.4, 0.5) is 0 Å². The van der Waals surface area contributed by atoms with E-state index in [1.54, 1.807) is 22.7 Å². The predicted molar refractivity (Wildman–Crippen MR) is 66.9 cm³/mol. The van der Waals surface area contributed by atoms with Crippen LogP contribution >= 0.6 is 22.7 Å². The first-order valence-corrected chi connectivity index (χ1v) is 6.76. The number of fused-ring (bicyclic) bond motifs is 1. The fraction of sp³-hybridized carbons (Fsp3) is 0.273. The van der Waals surface area contributed by atoms with Crippen molar-refractivity contribution in [1.29, 1.82) is 0 Å². The van der Waals surface area contributed by atoms with E-state index in [4.69, 9.17) is 0 Å². The van der Waals surface area contributed by atoms with E-state index in [0.29, 0.717) is 0 Å². The molecule has 0 N–H and O–H groups in total. The zero-order chi connectivity index (χ0) is 11.1. The second-order valence-electron chi connectivity index (χ2n) is 3.88. The normalized spacial score (nSPS) is 11.4. The number of nitrogens with zero attached hydrogens (tertiary/aromatic N) is 3. The summed E-state index contributed by atoms with van der Waals surface area (Å²) in [4.78, 5) is 4.58. The van der Waals surface area contributed by atoms with Crippen molar-refractivity contribution in [1.82, 2.24) is 9.55 Å². The van der Waals surface area contributed by atoms with E-state index in [1.807, 2.05) is 7.05 Å². The van der Waals surface area contributed by atoms with Crippen molar-refractivity contribution in [3.8, 4) is 0 Å². The minimum absolute atomic E-state index is 0.907. The Morgan fingerprint density at radius 1 is 1.50 bits per heavy atom. The van der Waals surface area contributed by atoms with E-state index < -0.39 is 0 Å². The molecule has 3 heterocycles. The van der Waals surface area contributed by atoms with Crippen LogP contribution in [-0.4, -0.2) is 9.55 Å². The van der Waals surface area contributed by atoms with Crippen LogP contribution in [0.15, 0.2) is 24.1 Å². The monoisotopic (exact) mass is 250 g/mol. The number of aromatic nitrogens is 3. The van der Waals surface area contributed by atoms with Crippen molar-refractivity contribution < 1.29 is 4.57 Å². The summed E-state index contributed by atoms with van der Waals surface area (Å²) in [5.74, 6) is 0. The van der Waals surface area contributed by atoms with E-state index in [9.17, 15) is 0 Å². The van der Waals surface area contributed by atoms with E-state index in [2.05, 4.69) is 45.1 Å². The average Bonchev–Trinajstić information content (AvgIpc) is 2.86. The fourth-order valence-corrected chi connectivity index (χ4v) is 3.88. The molecular weight excluding hydrogens is 238 g/mol. The minimum Gasteiger partial charge on any atom is -0.240 e. The number of imidazole rings is 1. The van der Waals surface area contributed by atoms with Gasteiger partial charge in [-0.05, 0) is 6.92 Å². The molecular formula is C11H12N3S2+. The van der Waals surface area contributed by atoms with Crippen LogP contribution in [0.5, 0.6) is 0 Å². The van der Waals surface area contributed by atoms with Gasteiger partial charge in [0, 0.05) is 10.9 Å². The molecule has 3 rings (SSSR count). The topological polar surface area (TPSA) is 21.7 Å². The third-order valence-corrected chi connectivity index (χ3v) is 4.61. The molecule has 0 unspecified atom stereocenters. The maximum absolute atomic E-state index is 4.58. The fourth-order valence-electron chi connectivity index (χ4n) is 1.78. The molecule has 82 valence electrons. The molecule has 0 fully saturated rings. The molecule has 0 spiro atoms. The van der Waals surface area contributed by atoms with Gasteiger partial charge in [-0.2, -0.15) is 0 Å². The van der Waals surface area contributed by atoms with Crippen molar-refractivity contribution in [2.45, 2.75) is 13.5 Å². The number of aryl methyl sites for hydroxylation is 2. The molecule has 16 heavy (non-hydrogen) atoms. The summed E-state index contributed by atoms with van der Waals surface area (Å²) in [6, 6.07) is 0. The van der Waals surface area contributed by atoms with Crippen LogP contribution in [0.3, 0.4) is 0 Å². The van der Waals surface area contributed by atoms with Crippen molar-refractivity contribution in [2.24, 2.45) is 7.05 Å². The molecule has 3 aromatic rings. The number of hydrogen-bond donors (Lipinski definition) is 0. The standard InChI is InChI=1S/C11H12N3S2/c1-8-12-10-9(6-15-11(10)16-8)5-14-4-3-13(2)7-14/h3-4,6-7H,5H2,1-2H3/q+1. The average molecular weight is 250 g/mol. The second kappa shape index (κ2) is 3.68. The van der Waals surface area contributed by atoms with Gasteiger partial charge >= 0.3 is 0 Å². The first-order chi connectivity index (χ1) is 7.72. The highest BCUT2D eigenvalue weighted by Gasteiger charge is 2.11. The van der Waals surface area contributed by atoms with Gasteiger partial charge in [-0.1, -0.05) is 0 Å². The second-order valence-corrected chi connectivity index (χ2v) is 6.22. The molecule has 0 saturated carbocycles. The number of thiophene rings is 1. The lowest BCUT2D eigenvalue weighted by Crippen LogP contribution is -2.23. The Bertz CT molecular complexity index is 633. The smallest absolute Gasteiger partial charge is 0.240 e. The molecule has 0 aromatic carbocycles. The van der Waals surface area contributed by atoms with Crippen molar-refractivity contribution in [3.05, 3.63) is 34.7 Å². The summed E-state index contributed by atoms with van der Waals surface area (Å²) in [6.45, 7) is 2.97. The van der Waals surface area contributed by atoms with Crippen molar-refractivity contribution in [2.75, 3.05) is 0 Å². The lowest BCUT2D eigenvalue weighted by atomic mass is 10.3. The Hall–Kier alpha value is -1.20. The van der Waals surface area contributed by atoms with E-state index in [-0.39, 0.29) is 0 Å². The highest BCUT2D eigenvalue weighted by molar-refractivity contribution is 7.37. The Labute approximate surface area is 102 Å². The molecule has 0 saturated heterocycles. The summed E-state index contributed by atoms with van der Waals surface area (Å²) in [5.41, 5.74) is 2.50. The van der Waals surface area contributed by atoms with Crippen molar-refractivity contribution in [3.63, 3.8) is 0 Å². The van der Waals surface area contributed by atoms with Gasteiger partial charge in [-0.15, -0.1) is 22.7 Å². The molecule has 0 aliphatic heterocycles.